The van der Waals surface area contributed by atoms with Gasteiger partial charge in [0.05, 0.1) is 15.0 Å². The molecular formula is C18H17BrN2O2S. The predicted octanol–water partition coefficient (Wildman–Crippen LogP) is 4.99. The lowest BCUT2D eigenvalue weighted by molar-refractivity contribution is -0.115. The number of carbonyl (C=O) groups excluding carboxylic acids is 1. The van der Waals surface area contributed by atoms with E-state index in [0.29, 0.717) is 11.7 Å². The normalized spacial score (nSPS) is 12.1. The second-order valence-corrected chi connectivity index (χ2v) is 7.42. The van der Waals surface area contributed by atoms with E-state index in [-0.39, 0.29) is 10.7 Å². The summed E-state index contributed by atoms with van der Waals surface area (Å²) in [5.74, 6) is 0.719. The van der Waals surface area contributed by atoms with Gasteiger partial charge in [-0.15, -0.1) is 0 Å². The third kappa shape index (κ3) is 4.13. The molecule has 0 aliphatic carbocycles. The molecule has 3 aromatic rings. The zero-order valence-corrected chi connectivity index (χ0v) is 15.6. The van der Waals surface area contributed by atoms with Crippen LogP contribution in [0.3, 0.4) is 0 Å². The van der Waals surface area contributed by atoms with Gasteiger partial charge < -0.3 is 10.1 Å². The number of alkyl halides is 1. The minimum atomic E-state index is -0.200. The van der Waals surface area contributed by atoms with Crippen LogP contribution in [-0.4, -0.2) is 15.7 Å². The van der Waals surface area contributed by atoms with Gasteiger partial charge in [-0.25, -0.2) is 4.98 Å². The Morgan fingerprint density at radius 1 is 1.29 bits per heavy atom. The Labute approximate surface area is 153 Å². The van der Waals surface area contributed by atoms with Crippen LogP contribution in [0, 0.1) is 0 Å². The smallest absolute Gasteiger partial charge is 0.239 e. The summed E-state index contributed by atoms with van der Waals surface area (Å²) >= 11 is 4.79. The van der Waals surface area contributed by atoms with Crippen molar-refractivity contribution >= 4 is 48.5 Å². The Morgan fingerprint density at radius 3 is 2.83 bits per heavy atom. The largest absolute Gasteiger partial charge is 0.489 e. The van der Waals surface area contributed by atoms with Crippen molar-refractivity contribution in [1.29, 1.82) is 0 Å². The molecule has 1 heterocycles. The first-order valence-corrected chi connectivity index (χ1v) is 9.41. The van der Waals surface area contributed by atoms with Crippen molar-refractivity contribution in [2.45, 2.75) is 24.8 Å². The van der Waals surface area contributed by atoms with Gasteiger partial charge in [-0.1, -0.05) is 64.5 Å². The second-order valence-electron chi connectivity index (χ2n) is 5.29. The van der Waals surface area contributed by atoms with Crippen molar-refractivity contribution in [2.24, 2.45) is 0 Å². The Kier molecular flexibility index (Phi) is 5.48. The highest BCUT2D eigenvalue weighted by Crippen LogP contribution is 2.30. The molecule has 0 aliphatic rings. The van der Waals surface area contributed by atoms with Crippen LogP contribution < -0.4 is 10.1 Å². The van der Waals surface area contributed by atoms with Crippen molar-refractivity contribution in [1.82, 2.24) is 4.98 Å². The highest BCUT2D eigenvalue weighted by atomic mass is 79.9. The van der Waals surface area contributed by atoms with Gasteiger partial charge in [0.1, 0.15) is 12.4 Å². The minimum absolute atomic E-state index is 0.0721. The van der Waals surface area contributed by atoms with Crippen molar-refractivity contribution in [3.63, 3.8) is 0 Å². The van der Waals surface area contributed by atoms with Gasteiger partial charge in [0.25, 0.3) is 0 Å². The van der Waals surface area contributed by atoms with Gasteiger partial charge in [-0.05, 0) is 30.2 Å². The number of anilines is 1. The van der Waals surface area contributed by atoms with E-state index in [9.17, 15) is 4.79 Å². The molecule has 1 amide bonds. The fourth-order valence-corrected chi connectivity index (χ4v) is 3.17. The van der Waals surface area contributed by atoms with E-state index in [2.05, 4.69) is 26.2 Å². The zero-order chi connectivity index (χ0) is 16.9. The molecule has 1 atom stereocenters. The molecule has 0 unspecified atom stereocenters. The molecule has 0 saturated heterocycles. The quantitative estimate of drug-likeness (QED) is 0.588. The molecule has 3 rings (SSSR count). The molecule has 0 spiro atoms. The number of halogens is 1. The van der Waals surface area contributed by atoms with Crippen molar-refractivity contribution < 1.29 is 9.53 Å². The number of fused-ring (bicyclic) bond motifs is 1. The maximum Gasteiger partial charge on any atom is 0.239 e. The Balaban J connectivity index is 1.70. The van der Waals surface area contributed by atoms with Gasteiger partial charge >= 0.3 is 0 Å². The fraction of sp³-hybridized carbons (Fsp3) is 0.222. The van der Waals surface area contributed by atoms with E-state index in [4.69, 9.17) is 4.74 Å². The number of amides is 1. The van der Waals surface area contributed by atoms with Gasteiger partial charge in [0, 0.05) is 0 Å². The van der Waals surface area contributed by atoms with Crippen LogP contribution in [0.2, 0.25) is 0 Å². The van der Waals surface area contributed by atoms with Gasteiger partial charge in [-0.2, -0.15) is 0 Å². The van der Waals surface area contributed by atoms with Crippen LogP contribution in [0.25, 0.3) is 10.2 Å². The number of ether oxygens (including phenoxy) is 1. The number of hydrogen-bond acceptors (Lipinski definition) is 4. The minimum Gasteiger partial charge on any atom is -0.489 e. The molecule has 2 aromatic carbocycles. The summed E-state index contributed by atoms with van der Waals surface area (Å²) in [5.41, 5.74) is 1.97. The summed E-state index contributed by atoms with van der Waals surface area (Å²) in [5, 5.41) is 3.44. The highest BCUT2D eigenvalue weighted by Gasteiger charge is 2.14. The lowest BCUT2D eigenvalue weighted by Crippen LogP contribution is -2.21. The maximum absolute atomic E-state index is 11.9. The monoisotopic (exact) mass is 404 g/mol. The summed E-state index contributed by atoms with van der Waals surface area (Å²) < 4.78 is 6.81. The fourth-order valence-electron chi connectivity index (χ4n) is 2.16. The number of thiazole rings is 1. The molecule has 1 aromatic heterocycles. The van der Waals surface area contributed by atoms with Gasteiger partial charge in [0.2, 0.25) is 5.91 Å². The number of carbonyl (C=O) groups is 1. The highest BCUT2D eigenvalue weighted by molar-refractivity contribution is 9.10. The Hall–Kier alpha value is -1.92. The zero-order valence-electron chi connectivity index (χ0n) is 13.2. The first-order valence-electron chi connectivity index (χ1n) is 7.68. The molecule has 4 nitrogen and oxygen atoms in total. The van der Waals surface area contributed by atoms with Crippen LogP contribution in [-0.2, 0) is 11.4 Å². The topological polar surface area (TPSA) is 51.2 Å². The number of aromatic nitrogens is 1. The summed E-state index contributed by atoms with van der Waals surface area (Å²) in [6.45, 7) is 2.48. The maximum atomic E-state index is 11.9. The number of rotatable bonds is 6. The van der Waals surface area contributed by atoms with Crippen molar-refractivity contribution in [3.05, 3.63) is 54.1 Å². The number of hydrogen-bond donors (Lipinski definition) is 1. The van der Waals surface area contributed by atoms with E-state index >= 15 is 0 Å². The third-order valence-corrected chi connectivity index (χ3v) is 5.48. The van der Waals surface area contributed by atoms with Gasteiger partial charge in [0.15, 0.2) is 5.13 Å². The number of nitrogens with zero attached hydrogens (tertiary/aromatic N) is 1. The van der Waals surface area contributed by atoms with E-state index in [0.717, 1.165) is 28.0 Å². The Morgan fingerprint density at radius 2 is 2.08 bits per heavy atom. The van der Waals surface area contributed by atoms with Crippen LogP contribution in [0.4, 0.5) is 5.13 Å². The van der Waals surface area contributed by atoms with E-state index in [1.807, 2.05) is 55.5 Å². The molecule has 124 valence electrons. The van der Waals surface area contributed by atoms with Crippen LogP contribution in [0.1, 0.15) is 18.9 Å². The molecule has 24 heavy (non-hydrogen) atoms. The average molecular weight is 405 g/mol. The molecule has 0 aliphatic heterocycles. The van der Waals surface area contributed by atoms with Gasteiger partial charge in [-0.3, -0.25) is 4.79 Å². The standard InChI is InChI=1S/C18H17BrN2O2S/c1-2-14(19)17(22)21-18-20-15-9-8-13(10-16(15)24-18)23-11-12-6-4-3-5-7-12/h3-10,14H,2,11H2,1H3,(H,20,21,22)/t14-/m1/s1. The van der Waals surface area contributed by atoms with Crippen molar-refractivity contribution in [3.8, 4) is 5.75 Å². The van der Waals surface area contributed by atoms with Crippen molar-refractivity contribution in [2.75, 3.05) is 5.32 Å². The summed E-state index contributed by atoms with van der Waals surface area (Å²) in [6, 6.07) is 15.8. The molecular weight excluding hydrogens is 388 g/mol. The third-order valence-electron chi connectivity index (χ3n) is 3.48. The summed E-state index contributed by atoms with van der Waals surface area (Å²) in [7, 11) is 0. The molecule has 0 bridgehead atoms. The van der Waals surface area contributed by atoms with E-state index in [1.54, 1.807) is 0 Å². The predicted molar refractivity (Wildman–Crippen MR) is 102 cm³/mol. The second kappa shape index (κ2) is 7.77. The first-order chi connectivity index (χ1) is 11.7. The lowest BCUT2D eigenvalue weighted by Gasteiger charge is -2.05. The Bertz CT molecular complexity index is 835. The first kappa shape index (κ1) is 16.9. The van der Waals surface area contributed by atoms with Crippen LogP contribution in [0.15, 0.2) is 48.5 Å². The molecule has 0 radical (unpaired) electrons. The SMILES string of the molecule is CC[C@@H](Br)C(=O)Nc1nc2ccc(OCc3ccccc3)cc2s1. The summed E-state index contributed by atoms with van der Waals surface area (Å²) in [4.78, 5) is 16.2. The molecule has 6 heteroatoms. The average Bonchev–Trinajstić information content (AvgIpc) is 3.01. The lowest BCUT2D eigenvalue weighted by atomic mass is 10.2. The molecule has 1 N–H and O–H groups in total. The van der Waals surface area contributed by atoms with Crippen LogP contribution >= 0.6 is 27.3 Å². The molecule has 0 saturated carbocycles. The van der Waals surface area contributed by atoms with E-state index < -0.39 is 0 Å². The number of nitrogens with one attached hydrogen (secondary N) is 1. The number of benzene rings is 2. The van der Waals surface area contributed by atoms with Crippen LogP contribution in [0.5, 0.6) is 5.75 Å². The molecule has 0 fully saturated rings. The van der Waals surface area contributed by atoms with E-state index in [1.165, 1.54) is 11.3 Å². The summed E-state index contributed by atoms with van der Waals surface area (Å²) in [6.07, 6.45) is 0.730.